The molecule has 25 heavy (non-hydrogen) atoms. The summed E-state index contributed by atoms with van der Waals surface area (Å²) in [7, 11) is 0. The molecule has 130 valence electrons. The summed E-state index contributed by atoms with van der Waals surface area (Å²) in [5.74, 6) is 2.28. The van der Waals surface area contributed by atoms with Crippen LogP contribution < -0.4 is 10.2 Å². The topological polar surface area (TPSA) is 82.6 Å². The highest BCUT2D eigenvalue weighted by atomic mass is 15.3. The first-order valence-electron chi connectivity index (χ1n) is 8.81. The van der Waals surface area contributed by atoms with Gasteiger partial charge in [0.05, 0.1) is 5.39 Å². The van der Waals surface area contributed by atoms with Gasteiger partial charge >= 0.3 is 0 Å². The third-order valence-electron chi connectivity index (χ3n) is 4.52. The Labute approximate surface area is 146 Å². The van der Waals surface area contributed by atoms with Crippen LogP contribution in [0.4, 0.5) is 5.82 Å². The lowest BCUT2D eigenvalue weighted by molar-refractivity contribution is 0.387. The first-order chi connectivity index (χ1) is 12.2. The van der Waals surface area contributed by atoms with E-state index in [1.807, 2.05) is 24.4 Å². The van der Waals surface area contributed by atoms with E-state index in [9.17, 15) is 0 Å². The van der Waals surface area contributed by atoms with E-state index in [0.717, 1.165) is 42.2 Å². The Balaban J connectivity index is 1.61. The number of nitrogens with one attached hydrogen (secondary N) is 2. The quantitative estimate of drug-likeness (QED) is 0.760. The van der Waals surface area contributed by atoms with Crippen LogP contribution >= 0.6 is 0 Å². The van der Waals surface area contributed by atoms with Crippen molar-refractivity contribution in [3.8, 4) is 11.5 Å². The summed E-state index contributed by atoms with van der Waals surface area (Å²) in [6, 6.07) is 6.37. The predicted molar refractivity (Wildman–Crippen MR) is 98.4 cm³/mol. The Hall–Kier alpha value is -2.54. The number of nitrogens with zero attached hydrogens (tertiary/aromatic N) is 5. The molecule has 0 aromatic carbocycles. The van der Waals surface area contributed by atoms with Crippen molar-refractivity contribution in [3.63, 3.8) is 0 Å². The maximum absolute atomic E-state index is 4.78. The number of aromatic amines is 1. The largest absolute Gasteiger partial charge is 0.354 e. The molecule has 3 aromatic rings. The van der Waals surface area contributed by atoms with Gasteiger partial charge < -0.3 is 10.2 Å². The average Bonchev–Trinajstić information content (AvgIpc) is 3.06. The molecule has 1 aliphatic heterocycles. The molecule has 1 saturated heterocycles. The summed E-state index contributed by atoms with van der Waals surface area (Å²) in [4.78, 5) is 15.8. The van der Waals surface area contributed by atoms with E-state index < -0.39 is 0 Å². The van der Waals surface area contributed by atoms with Gasteiger partial charge in [-0.15, -0.1) is 0 Å². The van der Waals surface area contributed by atoms with Crippen molar-refractivity contribution in [1.82, 2.24) is 30.5 Å². The van der Waals surface area contributed by atoms with E-state index in [1.165, 1.54) is 6.42 Å². The van der Waals surface area contributed by atoms with Crippen molar-refractivity contribution in [2.24, 2.45) is 5.92 Å². The molecule has 7 heteroatoms. The zero-order valence-electron chi connectivity index (χ0n) is 14.6. The molecule has 4 heterocycles. The van der Waals surface area contributed by atoms with E-state index in [4.69, 9.17) is 4.98 Å². The van der Waals surface area contributed by atoms with Crippen LogP contribution in [0.15, 0.2) is 30.6 Å². The highest BCUT2D eigenvalue weighted by Crippen LogP contribution is 2.24. The summed E-state index contributed by atoms with van der Waals surface area (Å²) in [5.41, 5.74) is 1.50. The molecular weight excluding hydrogens is 314 g/mol. The van der Waals surface area contributed by atoms with Crippen LogP contribution in [-0.2, 0) is 0 Å². The van der Waals surface area contributed by atoms with Crippen molar-refractivity contribution < 1.29 is 0 Å². The van der Waals surface area contributed by atoms with Crippen molar-refractivity contribution in [1.29, 1.82) is 0 Å². The fourth-order valence-corrected chi connectivity index (χ4v) is 3.42. The molecular formula is C18H23N7. The summed E-state index contributed by atoms with van der Waals surface area (Å²) in [6.07, 6.45) is 4.73. The van der Waals surface area contributed by atoms with Crippen LogP contribution in [0.25, 0.3) is 22.6 Å². The molecule has 2 N–H and O–H groups in total. The van der Waals surface area contributed by atoms with Crippen LogP contribution in [0, 0.1) is 5.92 Å². The molecule has 1 aliphatic rings. The van der Waals surface area contributed by atoms with Gasteiger partial charge in [-0.3, -0.25) is 5.10 Å². The molecule has 1 fully saturated rings. The fraction of sp³-hybridized carbons (Fsp3) is 0.444. The summed E-state index contributed by atoms with van der Waals surface area (Å²) < 4.78 is 0. The third-order valence-corrected chi connectivity index (χ3v) is 4.52. The normalized spacial score (nSPS) is 18.2. The first kappa shape index (κ1) is 16.0. The lowest BCUT2D eigenvalue weighted by Crippen LogP contribution is -2.51. The molecule has 3 aromatic heterocycles. The van der Waals surface area contributed by atoms with Crippen molar-refractivity contribution in [2.45, 2.75) is 26.3 Å². The number of piperazine rings is 1. The lowest BCUT2D eigenvalue weighted by atomic mass is 10.0. The minimum atomic E-state index is 0.502. The number of fused-ring (bicyclic) bond motifs is 1. The van der Waals surface area contributed by atoms with Crippen LogP contribution in [0.5, 0.6) is 0 Å². The van der Waals surface area contributed by atoms with Gasteiger partial charge in [-0.2, -0.15) is 5.10 Å². The standard InChI is InChI=1S/C18H23N7/c1-12(2)10-13-11-25(9-8-19-13)15-5-7-21-18(22-15)16-14-4-3-6-20-17(14)24-23-16/h3-7,12-13,19H,8-11H2,1-2H3,(H,20,23,24)/t13-/m0/s1. The summed E-state index contributed by atoms with van der Waals surface area (Å²) >= 11 is 0. The number of pyridine rings is 1. The van der Waals surface area contributed by atoms with E-state index in [1.54, 1.807) is 6.20 Å². The van der Waals surface area contributed by atoms with Gasteiger partial charge in [0.25, 0.3) is 0 Å². The highest BCUT2D eigenvalue weighted by molar-refractivity contribution is 5.88. The Bertz CT molecular complexity index is 857. The van der Waals surface area contributed by atoms with Crippen molar-refractivity contribution in [2.75, 3.05) is 24.5 Å². The Morgan fingerprint density at radius 1 is 1.24 bits per heavy atom. The Morgan fingerprint density at radius 3 is 3.04 bits per heavy atom. The Morgan fingerprint density at radius 2 is 2.16 bits per heavy atom. The summed E-state index contributed by atoms with van der Waals surface area (Å²) in [5, 5.41) is 11.9. The number of H-pyrrole nitrogens is 1. The second-order valence-electron chi connectivity index (χ2n) is 6.94. The molecule has 7 nitrogen and oxygen atoms in total. The lowest BCUT2D eigenvalue weighted by Gasteiger charge is -2.35. The molecule has 0 amide bonds. The number of rotatable bonds is 4. The predicted octanol–water partition coefficient (Wildman–Crippen LogP) is 2.24. The second kappa shape index (κ2) is 6.76. The Kier molecular flexibility index (Phi) is 4.31. The number of aromatic nitrogens is 5. The van der Waals surface area contributed by atoms with Gasteiger partial charge in [0.1, 0.15) is 11.5 Å². The van der Waals surface area contributed by atoms with Crippen molar-refractivity contribution >= 4 is 16.9 Å². The molecule has 0 aliphatic carbocycles. The average molecular weight is 337 g/mol. The van der Waals surface area contributed by atoms with Gasteiger partial charge in [-0.25, -0.2) is 15.0 Å². The van der Waals surface area contributed by atoms with Gasteiger partial charge in [-0.1, -0.05) is 13.8 Å². The van der Waals surface area contributed by atoms with Gasteiger partial charge in [0.15, 0.2) is 11.5 Å². The SMILES string of the molecule is CC(C)C[C@H]1CN(c2ccnc(-c3n[nH]c4ncccc34)n2)CCN1. The van der Waals surface area contributed by atoms with Gasteiger partial charge in [0.2, 0.25) is 0 Å². The number of hydrogen-bond donors (Lipinski definition) is 2. The van der Waals surface area contributed by atoms with Crippen LogP contribution in [0.1, 0.15) is 20.3 Å². The minimum Gasteiger partial charge on any atom is -0.354 e. The maximum Gasteiger partial charge on any atom is 0.182 e. The number of hydrogen-bond acceptors (Lipinski definition) is 6. The van der Waals surface area contributed by atoms with E-state index >= 15 is 0 Å². The molecule has 1 atom stereocenters. The van der Waals surface area contributed by atoms with Crippen molar-refractivity contribution in [3.05, 3.63) is 30.6 Å². The zero-order valence-corrected chi connectivity index (χ0v) is 14.6. The molecule has 4 rings (SSSR count). The summed E-state index contributed by atoms with van der Waals surface area (Å²) in [6.45, 7) is 7.43. The minimum absolute atomic E-state index is 0.502. The maximum atomic E-state index is 4.78. The van der Waals surface area contributed by atoms with Crippen LogP contribution in [-0.4, -0.2) is 50.8 Å². The zero-order chi connectivity index (χ0) is 17.2. The molecule has 0 bridgehead atoms. The smallest absolute Gasteiger partial charge is 0.182 e. The van der Waals surface area contributed by atoms with Gasteiger partial charge in [0, 0.05) is 38.1 Å². The molecule has 0 saturated carbocycles. The van der Waals surface area contributed by atoms with Crippen LogP contribution in [0.3, 0.4) is 0 Å². The number of anilines is 1. The van der Waals surface area contributed by atoms with E-state index in [0.29, 0.717) is 17.8 Å². The van der Waals surface area contributed by atoms with Gasteiger partial charge in [-0.05, 0) is 30.5 Å². The second-order valence-corrected chi connectivity index (χ2v) is 6.94. The molecule has 0 unspecified atom stereocenters. The van der Waals surface area contributed by atoms with E-state index in [2.05, 4.69) is 44.2 Å². The molecule has 0 spiro atoms. The highest BCUT2D eigenvalue weighted by Gasteiger charge is 2.22. The van der Waals surface area contributed by atoms with Crippen LogP contribution in [0.2, 0.25) is 0 Å². The van der Waals surface area contributed by atoms with E-state index in [-0.39, 0.29) is 0 Å². The first-order valence-corrected chi connectivity index (χ1v) is 8.81. The molecule has 0 radical (unpaired) electrons. The third kappa shape index (κ3) is 3.32. The monoisotopic (exact) mass is 337 g/mol. The fourth-order valence-electron chi connectivity index (χ4n) is 3.42.